The minimum absolute atomic E-state index is 0.565. The van der Waals surface area contributed by atoms with Gasteiger partial charge in [-0.05, 0) is 12.1 Å². The lowest BCUT2D eigenvalue weighted by atomic mass is 10.2. The zero-order valence-electron chi connectivity index (χ0n) is 6.26. The fourth-order valence-electron chi connectivity index (χ4n) is 0.804. The standard InChI is InChI=1S/C7H5O5S/c8-7(9)5-3-1-2-4-6(5)13(10,11)12/h1-2,4H,(H,8,9)(H,10,11,12). The van der Waals surface area contributed by atoms with Gasteiger partial charge in [0.2, 0.25) is 0 Å². The molecule has 0 unspecified atom stereocenters. The molecule has 1 aromatic carbocycles. The minimum Gasteiger partial charge on any atom is -0.478 e. The molecule has 0 aromatic heterocycles. The van der Waals surface area contributed by atoms with E-state index < -0.39 is 26.5 Å². The normalized spacial score (nSPS) is 11.2. The van der Waals surface area contributed by atoms with Crippen LogP contribution in [0, 0.1) is 6.07 Å². The van der Waals surface area contributed by atoms with E-state index in [1.807, 2.05) is 0 Å². The number of rotatable bonds is 2. The van der Waals surface area contributed by atoms with E-state index in [0.717, 1.165) is 6.07 Å². The molecule has 13 heavy (non-hydrogen) atoms. The van der Waals surface area contributed by atoms with Gasteiger partial charge in [0.05, 0.1) is 5.56 Å². The van der Waals surface area contributed by atoms with Crippen molar-refractivity contribution >= 4 is 16.1 Å². The van der Waals surface area contributed by atoms with E-state index >= 15 is 0 Å². The third-order valence-electron chi connectivity index (χ3n) is 1.31. The first-order valence-electron chi connectivity index (χ1n) is 3.14. The van der Waals surface area contributed by atoms with Crippen LogP contribution in [0.4, 0.5) is 0 Å². The largest absolute Gasteiger partial charge is 0.478 e. The molecule has 6 heteroatoms. The van der Waals surface area contributed by atoms with E-state index in [-0.39, 0.29) is 0 Å². The van der Waals surface area contributed by atoms with Crippen molar-refractivity contribution < 1.29 is 22.9 Å². The van der Waals surface area contributed by atoms with Crippen LogP contribution in [0.3, 0.4) is 0 Å². The van der Waals surface area contributed by atoms with E-state index in [2.05, 4.69) is 6.07 Å². The highest BCUT2D eigenvalue weighted by molar-refractivity contribution is 7.86. The Hall–Kier alpha value is -1.40. The van der Waals surface area contributed by atoms with Crippen molar-refractivity contribution in [1.29, 1.82) is 0 Å². The van der Waals surface area contributed by atoms with Gasteiger partial charge in [-0.15, -0.1) is 0 Å². The molecule has 5 nitrogen and oxygen atoms in total. The van der Waals surface area contributed by atoms with Crippen LogP contribution < -0.4 is 0 Å². The maximum absolute atomic E-state index is 10.6. The van der Waals surface area contributed by atoms with E-state index in [0.29, 0.717) is 0 Å². The number of aromatic carboxylic acids is 1. The Morgan fingerprint density at radius 3 is 2.46 bits per heavy atom. The van der Waals surface area contributed by atoms with Crippen LogP contribution >= 0.6 is 0 Å². The number of carboxylic acid groups (broad SMARTS) is 1. The van der Waals surface area contributed by atoms with Crippen LogP contribution in [0.2, 0.25) is 0 Å². The molecular weight excluding hydrogens is 196 g/mol. The second kappa shape index (κ2) is 3.15. The predicted molar refractivity (Wildman–Crippen MR) is 42.1 cm³/mol. The summed E-state index contributed by atoms with van der Waals surface area (Å²) in [5.41, 5.74) is -0.565. The highest BCUT2D eigenvalue weighted by Crippen LogP contribution is 2.13. The molecule has 0 atom stereocenters. The van der Waals surface area contributed by atoms with E-state index in [4.69, 9.17) is 9.66 Å². The van der Waals surface area contributed by atoms with Gasteiger partial charge >= 0.3 is 5.97 Å². The molecule has 0 saturated heterocycles. The zero-order chi connectivity index (χ0) is 10.1. The van der Waals surface area contributed by atoms with Crippen molar-refractivity contribution in [3.05, 3.63) is 29.8 Å². The third kappa shape index (κ3) is 2.04. The van der Waals surface area contributed by atoms with E-state index in [1.165, 1.54) is 12.1 Å². The Morgan fingerprint density at radius 1 is 1.46 bits per heavy atom. The summed E-state index contributed by atoms with van der Waals surface area (Å²) in [4.78, 5) is 9.81. The van der Waals surface area contributed by atoms with Crippen molar-refractivity contribution in [1.82, 2.24) is 0 Å². The van der Waals surface area contributed by atoms with Gasteiger partial charge in [0.25, 0.3) is 10.1 Å². The Morgan fingerprint density at radius 2 is 2.08 bits per heavy atom. The molecule has 2 N–H and O–H groups in total. The topological polar surface area (TPSA) is 91.7 Å². The van der Waals surface area contributed by atoms with Crippen molar-refractivity contribution in [3.63, 3.8) is 0 Å². The quantitative estimate of drug-likeness (QED) is 0.677. The maximum atomic E-state index is 10.6. The van der Waals surface area contributed by atoms with Gasteiger partial charge in [0, 0.05) is 0 Å². The van der Waals surface area contributed by atoms with Crippen molar-refractivity contribution in [2.75, 3.05) is 0 Å². The average molecular weight is 201 g/mol. The number of hydrogen-bond acceptors (Lipinski definition) is 3. The first-order valence-corrected chi connectivity index (χ1v) is 4.58. The first kappa shape index (κ1) is 9.69. The van der Waals surface area contributed by atoms with E-state index in [1.54, 1.807) is 0 Å². The SMILES string of the molecule is O=C(O)c1[c]cccc1S(=O)(=O)O. The molecule has 0 aliphatic carbocycles. The highest BCUT2D eigenvalue weighted by Gasteiger charge is 2.18. The summed E-state index contributed by atoms with van der Waals surface area (Å²) in [6.45, 7) is 0. The van der Waals surface area contributed by atoms with Crippen LogP contribution in [-0.2, 0) is 10.1 Å². The number of hydrogen-bond donors (Lipinski definition) is 2. The molecule has 0 aliphatic heterocycles. The summed E-state index contributed by atoms with van der Waals surface area (Å²) in [6.07, 6.45) is 0. The van der Waals surface area contributed by atoms with Crippen LogP contribution in [0.1, 0.15) is 10.4 Å². The third-order valence-corrected chi connectivity index (χ3v) is 2.21. The first-order chi connectivity index (χ1) is 5.93. The molecule has 69 valence electrons. The summed E-state index contributed by atoms with van der Waals surface area (Å²) < 4.78 is 29.9. The Kier molecular flexibility index (Phi) is 2.35. The van der Waals surface area contributed by atoms with Gasteiger partial charge in [0.1, 0.15) is 4.90 Å². The molecule has 0 aliphatic rings. The van der Waals surface area contributed by atoms with Crippen LogP contribution in [0.25, 0.3) is 0 Å². The molecule has 0 fully saturated rings. The monoisotopic (exact) mass is 201 g/mol. The minimum atomic E-state index is -4.49. The highest BCUT2D eigenvalue weighted by atomic mass is 32.2. The Bertz CT molecular complexity index is 434. The second-order valence-electron chi connectivity index (χ2n) is 2.19. The lowest BCUT2D eigenvalue weighted by Crippen LogP contribution is -2.07. The fraction of sp³-hybridized carbons (Fsp3) is 0. The molecule has 0 spiro atoms. The second-order valence-corrected chi connectivity index (χ2v) is 3.58. The van der Waals surface area contributed by atoms with Crippen molar-refractivity contribution in [2.24, 2.45) is 0 Å². The maximum Gasteiger partial charge on any atom is 0.337 e. The molecule has 0 amide bonds. The van der Waals surface area contributed by atoms with Crippen LogP contribution in [0.5, 0.6) is 0 Å². The van der Waals surface area contributed by atoms with Crippen LogP contribution in [0.15, 0.2) is 23.1 Å². The average Bonchev–Trinajstić information content (AvgIpc) is 2.03. The summed E-state index contributed by atoms with van der Waals surface area (Å²) in [5.74, 6) is -1.45. The summed E-state index contributed by atoms with van der Waals surface area (Å²) in [5, 5.41) is 8.52. The number of carbonyl (C=O) groups is 1. The molecule has 0 saturated carbocycles. The van der Waals surface area contributed by atoms with Gasteiger partial charge in [-0.25, -0.2) is 4.79 Å². The van der Waals surface area contributed by atoms with E-state index in [9.17, 15) is 13.2 Å². The van der Waals surface area contributed by atoms with Gasteiger partial charge < -0.3 is 5.11 Å². The molecule has 0 bridgehead atoms. The summed E-state index contributed by atoms with van der Waals surface area (Å²) in [7, 11) is -4.49. The Labute approximate surface area is 74.4 Å². The predicted octanol–water partition coefficient (Wildman–Crippen LogP) is 0.432. The zero-order valence-corrected chi connectivity index (χ0v) is 7.08. The molecule has 1 rings (SSSR count). The lowest BCUT2D eigenvalue weighted by Gasteiger charge is -2.00. The molecule has 1 aromatic rings. The number of benzene rings is 1. The summed E-state index contributed by atoms with van der Waals surface area (Å²) >= 11 is 0. The summed E-state index contributed by atoms with van der Waals surface area (Å²) in [6, 6.07) is 5.72. The Balaban J connectivity index is 3.46. The van der Waals surface area contributed by atoms with Crippen molar-refractivity contribution in [3.8, 4) is 0 Å². The van der Waals surface area contributed by atoms with Gasteiger partial charge in [-0.1, -0.05) is 12.1 Å². The lowest BCUT2D eigenvalue weighted by molar-refractivity contribution is 0.0692. The van der Waals surface area contributed by atoms with Gasteiger partial charge in [0.15, 0.2) is 0 Å². The van der Waals surface area contributed by atoms with Gasteiger partial charge in [-0.2, -0.15) is 8.42 Å². The molecular formula is C7H5O5S. The molecule has 1 radical (unpaired) electrons. The molecule has 0 heterocycles. The van der Waals surface area contributed by atoms with Gasteiger partial charge in [-0.3, -0.25) is 4.55 Å². The van der Waals surface area contributed by atoms with Crippen LogP contribution in [-0.4, -0.2) is 24.0 Å². The number of carboxylic acids is 1. The van der Waals surface area contributed by atoms with Crippen molar-refractivity contribution in [2.45, 2.75) is 4.90 Å². The fourth-order valence-corrected chi connectivity index (χ4v) is 1.46. The smallest absolute Gasteiger partial charge is 0.337 e.